The van der Waals surface area contributed by atoms with Crippen molar-refractivity contribution in [2.75, 3.05) is 0 Å². The fourth-order valence-electron chi connectivity index (χ4n) is 0.949. The molecule has 2 nitrogen and oxygen atoms in total. The Bertz CT molecular complexity index is 311. The Labute approximate surface area is 65.1 Å². The molecule has 0 saturated carbocycles. The van der Waals surface area contributed by atoms with Crippen LogP contribution in [0, 0.1) is 6.20 Å². The van der Waals surface area contributed by atoms with Gasteiger partial charge in [0, 0.05) is 12.4 Å². The Morgan fingerprint density at radius 3 is 2.64 bits per heavy atom. The SMILES string of the molecule is [c]1cccc(-n2cccc2)n1. The van der Waals surface area contributed by atoms with Gasteiger partial charge in [0.1, 0.15) is 5.82 Å². The molecular weight excluding hydrogens is 136 g/mol. The van der Waals surface area contributed by atoms with Gasteiger partial charge in [-0.15, -0.1) is 0 Å². The predicted molar refractivity (Wildman–Crippen MR) is 42.4 cm³/mol. The van der Waals surface area contributed by atoms with Crippen LogP contribution in [0.2, 0.25) is 0 Å². The minimum atomic E-state index is 0.900. The summed E-state index contributed by atoms with van der Waals surface area (Å²) in [7, 11) is 0. The largest absolute Gasteiger partial charge is 0.309 e. The summed E-state index contributed by atoms with van der Waals surface area (Å²) in [6.07, 6.45) is 6.69. The van der Waals surface area contributed by atoms with E-state index in [-0.39, 0.29) is 0 Å². The summed E-state index contributed by atoms with van der Waals surface area (Å²) in [5, 5.41) is 0. The molecule has 0 saturated heterocycles. The monoisotopic (exact) mass is 143 g/mol. The fraction of sp³-hybridized carbons (Fsp3) is 0. The number of pyridine rings is 1. The standard InChI is InChI=1S/C9H7N2/c1-2-6-10-9(5-1)11-7-3-4-8-11/h1-5,7-8H. The maximum Gasteiger partial charge on any atom is 0.137 e. The molecule has 0 aliphatic heterocycles. The molecule has 2 heteroatoms. The van der Waals surface area contributed by atoms with Gasteiger partial charge in [0.05, 0.1) is 6.20 Å². The molecule has 0 unspecified atom stereocenters. The van der Waals surface area contributed by atoms with Crippen LogP contribution < -0.4 is 0 Å². The van der Waals surface area contributed by atoms with Gasteiger partial charge in [0.25, 0.3) is 0 Å². The number of rotatable bonds is 1. The molecule has 0 N–H and O–H groups in total. The molecule has 0 amide bonds. The third kappa shape index (κ3) is 1.15. The van der Waals surface area contributed by atoms with Crippen LogP contribution >= 0.6 is 0 Å². The van der Waals surface area contributed by atoms with Gasteiger partial charge in [-0.1, -0.05) is 6.07 Å². The Morgan fingerprint density at radius 1 is 1.18 bits per heavy atom. The van der Waals surface area contributed by atoms with Crippen LogP contribution in [0.3, 0.4) is 0 Å². The molecule has 53 valence electrons. The lowest BCUT2D eigenvalue weighted by atomic mass is 10.5. The van der Waals surface area contributed by atoms with E-state index in [1.165, 1.54) is 0 Å². The van der Waals surface area contributed by atoms with E-state index in [2.05, 4.69) is 11.2 Å². The van der Waals surface area contributed by atoms with E-state index in [9.17, 15) is 0 Å². The first-order chi connectivity index (χ1) is 5.47. The van der Waals surface area contributed by atoms with Crippen LogP contribution in [0.1, 0.15) is 0 Å². The summed E-state index contributed by atoms with van der Waals surface area (Å²) in [4.78, 5) is 4.06. The Kier molecular flexibility index (Phi) is 1.44. The van der Waals surface area contributed by atoms with Crippen LogP contribution in [0.15, 0.2) is 42.7 Å². The van der Waals surface area contributed by atoms with Crippen molar-refractivity contribution in [3.05, 3.63) is 48.9 Å². The van der Waals surface area contributed by atoms with Crippen molar-refractivity contribution in [1.82, 2.24) is 9.55 Å². The second-order valence-corrected chi connectivity index (χ2v) is 2.22. The summed E-state index contributed by atoms with van der Waals surface area (Å²) in [6, 6.07) is 9.58. The predicted octanol–water partition coefficient (Wildman–Crippen LogP) is 1.67. The minimum absolute atomic E-state index is 0.900. The van der Waals surface area contributed by atoms with Gasteiger partial charge in [-0.3, -0.25) is 0 Å². The van der Waals surface area contributed by atoms with Crippen LogP contribution in [0.25, 0.3) is 5.82 Å². The van der Waals surface area contributed by atoms with Crippen LogP contribution in [0.5, 0.6) is 0 Å². The van der Waals surface area contributed by atoms with E-state index in [1.807, 2.05) is 41.2 Å². The lowest BCUT2D eigenvalue weighted by Crippen LogP contribution is -1.91. The average molecular weight is 143 g/mol. The highest BCUT2D eigenvalue weighted by Crippen LogP contribution is 2.01. The van der Waals surface area contributed by atoms with Crippen LogP contribution in [-0.4, -0.2) is 9.55 Å². The highest BCUT2D eigenvalue weighted by molar-refractivity contribution is 5.21. The zero-order valence-corrected chi connectivity index (χ0v) is 5.94. The van der Waals surface area contributed by atoms with Gasteiger partial charge in [0.2, 0.25) is 0 Å². The number of hydrogen-bond acceptors (Lipinski definition) is 1. The quantitative estimate of drug-likeness (QED) is 0.593. The van der Waals surface area contributed by atoms with E-state index in [4.69, 9.17) is 0 Å². The summed E-state index contributed by atoms with van der Waals surface area (Å²) in [5.41, 5.74) is 0. The molecule has 0 fully saturated rings. The molecular formula is C9H7N2. The van der Waals surface area contributed by atoms with Crippen molar-refractivity contribution < 1.29 is 0 Å². The molecule has 11 heavy (non-hydrogen) atoms. The molecule has 2 aromatic heterocycles. The van der Waals surface area contributed by atoms with Gasteiger partial charge < -0.3 is 4.57 Å². The highest BCUT2D eigenvalue weighted by atomic mass is 15.0. The molecule has 0 spiro atoms. The van der Waals surface area contributed by atoms with Crippen molar-refractivity contribution in [2.45, 2.75) is 0 Å². The first-order valence-electron chi connectivity index (χ1n) is 3.43. The second kappa shape index (κ2) is 2.58. The molecule has 0 atom stereocenters. The molecule has 1 radical (unpaired) electrons. The molecule has 0 aromatic carbocycles. The smallest absolute Gasteiger partial charge is 0.137 e. The van der Waals surface area contributed by atoms with Gasteiger partial charge >= 0.3 is 0 Å². The van der Waals surface area contributed by atoms with Gasteiger partial charge in [-0.05, 0) is 24.3 Å². The van der Waals surface area contributed by atoms with Gasteiger partial charge in [-0.2, -0.15) is 0 Å². The number of nitrogens with zero attached hydrogens (tertiary/aromatic N) is 2. The Hall–Kier alpha value is -1.57. The van der Waals surface area contributed by atoms with Crippen molar-refractivity contribution >= 4 is 0 Å². The lowest BCUT2D eigenvalue weighted by Gasteiger charge is -1.97. The summed E-state index contributed by atoms with van der Waals surface area (Å²) < 4.78 is 1.94. The van der Waals surface area contributed by atoms with Crippen molar-refractivity contribution in [1.29, 1.82) is 0 Å². The second-order valence-electron chi connectivity index (χ2n) is 2.22. The number of hydrogen-bond donors (Lipinski definition) is 0. The lowest BCUT2D eigenvalue weighted by molar-refractivity contribution is 1.01. The Balaban J connectivity index is 2.46. The fourth-order valence-corrected chi connectivity index (χ4v) is 0.949. The van der Waals surface area contributed by atoms with E-state index in [0.29, 0.717) is 0 Å². The normalized spacial score (nSPS) is 9.82. The molecule has 2 heterocycles. The van der Waals surface area contributed by atoms with E-state index < -0.39 is 0 Å². The molecule has 2 aromatic rings. The average Bonchev–Trinajstić information content (AvgIpc) is 2.58. The molecule has 0 aliphatic carbocycles. The van der Waals surface area contributed by atoms with Crippen molar-refractivity contribution in [3.8, 4) is 5.82 Å². The highest BCUT2D eigenvalue weighted by Gasteiger charge is 1.91. The summed E-state index contributed by atoms with van der Waals surface area (Å²) in [5.74, 6) is 0.900. The summed E-state index contributed by atoms with van der Waals surface area (Å²) in [6.45, 7) is 0. The molecule has 0 bridgehead atoms. The third-order valence-corrected chi connectivity index (χ3v) is 1.46. The first kappa shape index (κ1) is 6.16. The topological polar surface area (TPSA) is 17.8 Å². The third-order valence-electron chi connectivity index (χ3n) is 1.46. The number of aromatic nitrogens is 2. The van der Waals surface area contributed by atoms with Gasteiger partial charge in [-0.25, -0.2) is 4.98 Å². The van der Waals surface area contributed by atoms with Crippen LogP contribution in [0.4, 0.5) is 0 Å². The van der Waals surface area contributed by atoms with Crippen LogP contribution in [-0.2, 0) is 0 Å². The zero-order valence-electron chi connectivity index (χ0n) is 5.94. The first-order valence-corrected chi connectivity index (χ1v) is 3.43. The molecule has 0 aliphatic rings. The van der Waals surface area contributed by atoms with Crippen molar-refractivity contribution in [3.63, 3.8) is 0 Å². The van der Waals surface area contributed by atoms with E-state index >= 15 is 0 Å². The van der Waals surface area contributed by atoms with E-state index in [0.717, 1.165) is 5.82 Å². The summed E-state index contributed by atoms with van der Waals surface area (Å²) >= 11 is 0. The maximum absolute atomic E-state index is 4.06. The maximum atomic E-state index is 4.06. The zero-order chi connectivity index (χ0) is 7.52. The Morgan fingerprint density at radius 2 is 2.00 bits per heavy atom. The molecule has 2 rings (SSSR count). The minimum Gasteiger partial charge on any atom is -0.309 e. The van der Waals surface area contributed by atoms with E-state index in [1.54, 1.807) is 6.07 Å². The van der Waals surface area contributed by atoms with Crippen molar-refractivity contribution in [2.24, 2.45) is 0 Å². The van der Waals surface area contributed by atoms with Gasteiger partial charge in [0.15, 0.2) is 0 Å².